The second-order valence-electron chi connectivity index (χ2n) is 4.19. The minimum atomic E-state index is 0.563. The molecule has 0 spiro atoms. The van der Waals surface area contributed by atoms with Gasteiger partial charge in [-0.25, -0.2) is 0 Å². The summed E-state index contributed by atoms with van der Waals surface area (Å²) in [7, 11) is 0. The minimum absolute atomic E-state index is 0.563. The van der Waals surface area contributed by atoms with Crippen molar-refractivity contribution in [1.29, 1.82) is 0 Å². The highest BCUT2D eigenvalue weighted by Crippen LogP contribution is 2.21. The van der Waals surface area contributed by atoms with Crippen LogP contribution in [-0.4, -0.2) is 11.2 Å². The summed E-state index contributed by atoms with van der Waals surface area (Å²) in [5.74, 6) is 0. The van der Waals surface area contributed by atoms with Gasteiger partial charge >= 0.3 is 0 Å². The number of aryl methyl sites for hydroxylation is 1. The van der Waals surface area contributed by atoms with Crippen LogP contribution >= 0.6 is 23.8 Å². The summed E-state index contributed by atoms with van der Waals surface area (Å²) >= 11 is 11.1. The molecule has 1 aliphatic rings. The van der Waals surface area contributed by atoms with Crippen LogP contribution in [0.4, 0.5) is 5.69 Å². The molecule has 0 amide bonds. The second-order valence-corrected chi connectivity index (χ2v) is 5.03. The Morgan fingerprint density at radius 3 is 2.75 bits per heavy atom. The third-order valence-electron chi connectivity index (χ3n) is 2.88. The van der Waals surface area contributed by atoms with Crippen LogP contribution in [-0.2, 0) is 0 Å². The molecule has 0 unspecified atom stereocenters. The molecule has 4 heteroatoms. The molecule has 1 aliphatic carbocycles. The first-order valence-electron chi connectivity index (χ1n) is 5.49. The first-order valence-corrected chi connectivity index (χ1v) is 6.27. The Bertz CT molecular complexity index is 402. The van der Waals surface area contributed by atoms with Crippen molar-refractivity contribution in [1.82, 2.24) is 5.32 Å². The zero-order chi connectivity index (χ0) is 11.5. The predicted octanol–water partition coefficient (Wildman–Crippen LogP) is 3.49. The van der Waals surface area contributed by atoms with E-state index in [4.69, 9.17) is 23.8 Å². The van der Waals surface area contributed by atoms with Crippen LogP contribution < -0.4 is 10.6 Å². The molecule has 0 aliphatic heterocycles. The number of hydrogen-bond donors (Lipinski definition) is 2. The van der Waals surface area contributed by atoms with E-state index in [9.17, 15) is 0 Å². The van der Waals surface area contributed by atoms with E-state index in [-0.39, 0.29) is 0 Å². The van der Waals surface area contributed by atoms with Crippen LogP contribution in [0, 0.1) is 6.92 Å². The first-order chi connectivity index (χ1) is 7.65. The van der Waals surface area contributed by atoms with Crippen LogP contribution in [0.15, 0.2) is 18.2 Å². The number of nitrogens with one attached hydrogen (secondary N) is 2. The van der Waals surface area contributed by atoms with Gasteiger partial charge in [-0.1, -0.05) is 11.6 Å². The SMILES string of the molecule is Cc1cc(Cl)ccc1NC(=S)NC1CCC1. The molecule has 0 radical (unpaired) electrons. The summed E-state index contributed by atoms with van der Waals surface area (Å²) in [5, 5.41) is 7.95. The highest BCUT2D eigenvalue weighted by Gasteiger charge is 2.17. The van der Waals surface area contributed by atoms with Crippen LogP contribution in [0.3, 0.4) is 0 Å². The molecule has 0 saturated heterocycles. The maximum atomic E-state index is 5.89. The van der Waals surface area contributed by atoms with Gasteiger partial charge in [-0.15, -0.1) is 0 Å². The summed E-state index contributed by atoms with van der Waals surface area (Å²) in [6.45, 7) is 2.01. The van der Waals surface area contributed by atoms with Gasteiger partial charge in [0.2, 0.25) is 0 Å². The summed E-state index contributed by atoms with van der Waals surface area (Å²) in [4.78, 5) is 0. The van der Waals surface area contributed by atoms with E-state index >= 15 is 0 Å². The fourth-order valence-corrected chi connectivity index (χ4v) is 2.17. The van der Waals surface area contributed by atoms with E-state index in [1.165, 1.54) is 19.3 Å². The van der Waals surface area contributed by atoms with E-state index in [0.29, 0.717) is 11.2 Å². The van der Waals surface area contributed by atoms with Crippen molar-refractivity contribution in [2.24, 2.45) is 0 Å². The lowest BCUT2D eigenvalue weighted by molar-refractivity contribution is 0.385. The molecule has 0 aromatic heterocycles. The maximum absolute atomic E-state index is 5.89. The molecule has 86 valence electrons. The van der Waals surface area contributed by atoms with Crippen molar-refractivity contribution < 1.29 is 0 Å². The quantitative estimate of drug-likeness (QED) is 0.790. The summed E-state index contributed by atoms with van der Waals surface area (Å²) in [6, 6.07) is 6.30. The molecular weight excluding hydrogens is 240 g/mol. The normalized spacial score (nSPS) is 15.4. The molecule has 0 bridgehead atoms. The zero-order valence-electron chi connectivity index (χ0n) is 9.22. The van der Waals surface area contributed by atoms with Crippen molar-refractivity contribution in [3.8, 4) is 0 Å². The molecule has 2 rings (SSSR count). The Kier molecular flexibility index (Phi) is 3.66. The molecule has 0 heterocycles. The topological polar surface area (TPSA) is 24.1 Å². The largest absolute Gasteiger partial charge is 0.360 e. The Balaban J connectivity index is 1.94. The van der Waals surface area contributed by atoms with Crippen LogP contribution in [0.5, 0.6) is 0 Å². The van der Waals surface area contributed by atoms with Gasteiger partial charge in [0, 0.05) is 16.8 Å². The monoisotopic (exact) mass is 254 g/mol. The highest BCUT2D eigenvalue weighted by atomic mass is 35.5. The average Bonchev–Trinajstić information content (AvgIpc) is 2.16. The Morgan fingerprint density at radius 2 is 2.19 bits per heavy atom. The Hall–Kier alpha value is -0.800. The van der Waals surface area contributed by atoms with Crippen molar-refractivity contribution in [3.63, 3.8) is 0 Å². The third-order valence-corrected chi connectivity index (χ3v) is 3.33. The smallest absolute Gasteiger partial charge is 0.171 e. The van der Waals surface area contributed by atoms with Crippen molar-refractivity contribution >= 4 is 34.6 Å². The number of anilines is 1. The highest BCUT2D eigenvalue weighted by molar-refractivity contribution is 7.80. The van der Waals surface area contributed by atoms with Gasteiger partial charge in [-0.05, 0) is 62.2 Å². The number of rotatable bonds is 2. The van der Waals surface area contributed by atoms with Gasteiger partial charge in [-0.3, -0.25) is 0 Å². The van der Waals surface area contributed by atoms with E-state index in [1.807, 2.05) is 25.1 Å². The Morgan fingerprint density at radius 1 is 1.44 bits per heavy atom. The standard InChI is InChI=1S/C12H15ClN2S/c1-8-7-9(13)5-6-11(8)15-12(16)14-10-3-2-4-10/h5-7,10H,2-4H2,1H3,(H2,14,15,16). The van der Waals surface area contributed by atoms with Crippen LogP contribution in [0.1, 0.15) is 24.8 Å². The first kappa shape index (κ1) is 11.7. The number of hydrogen-bond acceptors (Lipinski definition) is 1. The molecule has 1 aromatic rings. The zero-order valence-corrected chi connectivity index (χ0v) is 10.8. The fourth-order valence-electron chi connectivity index (χ4n) is 1.66. The molecule has 16 heavy (non-hydrogen) atoms. The number of benzene rings is 1. The minimum Gasteiger partial charge on any atom is -0.360 e. The molecule has 1 aromatic carbocycles. The van der Waals surface area contributed by atoms with Crippen molar-refractivity contribution in [3.05, 3.63) is 28.8 Å². The summed E-state index contributed by atoms with van der Waals surface area (Å²) in [5.41, 5.74) is 2.12. The molecule has 1 fully saturated rings. The van der Waals surface area contributed by atoms with Gasteiger partial charge in [-0.2, -0.15) is 0 Å². The summed E-state index contributed by atoms with van der Waals surface area (Å²) in [6.07, 6.45) is 3.75. The van der Waals surface area contributed by atoms with Crippen molar-refractivity contribution in [2.45, 2.75) is 32.2 Å². The van der Waals surface area contributed by atoms with Crippen LogP contribution in [0.25, 0.3) is 0 Å². The average molecular weight is 255 g/mol. The molecule has 0 atom stereocenters. The molecule has 1 saturated carbocycles. The fraction of sp³-hybridized carbons (Fsp3) is 0.417. The van der Waals surface area contributed by atoms with Gasteiger partial charge in [0.1, 0.15) is 0 Å². The molecular formula is C12H15ClN2S. The predicted molar refractivity (Wildman–Crippen MR) is 73.2 cm³/mol. The van der Waals surface area contributed by atoms with Gasteiger partial charge < -0.3 is 10.6 Å². The van der Waals surface area contributed by atoms with E-state index in [0.717, 1.165) is 16.3 Å². The van der Waals surface area contributed by atoms with E-state index in [2.05, 4.69) is 10.6 Å². The van der Waals surface area contributed by atoms with E-state index < -0.39 is 0 Å². The second kappa shape index (κ2) is 5.02. The lowest BCUT2D eigenvalue weighted by Gasteiger charge is -2.28. The summed E-state index contributed by atoms with van der Waals surface area (Å²) < 4.78 is 0. The van der Waals surface area contributed by atoms with Crippen molar-refractivity contribution in [2.75, 3.05) is 5.32 Å². The number of halogens is 1. The lowest BCUT2D eigenvalue weighted by Crippen LogP contribution is -2.41. The Labute approximate surface area is 106 Å². The van der Waals surface area contributed by atoms with E-state index in [1.54, 1.807) is 0 Å². The lowest BCUT2D eigenvalue weighted by atomic mass is 9.93. The maximum Gasteiger partial charge on any atom is 0.171 e. The van der Waals surface area contributed by atoms with Gasteiger partial charge in [0.25, 0.3) is 0 Å². The molecule has 2 nitrogen and oxygen atoms in total. The van der Waals surface area contributed by atoms with Gasteiger partial charge in [0.15, 0.2) is 5.11 Å². The molecule has 2 N–H and O–H groups in total. The third kappa shape index (κ3) is 2.86. The number of thiocarbonyl (C=S) groups is 1. The van der Waals surface area contributed by atoms with Crippen LogP contribution in [0.2, 0.25) is 5.02 Å². The van der Waals surface area contributed by atoms with Gasteiger partial charge in [0.05, 0.1) is 0 Å².